The zero-order valence-corrected chi connectivity index (χ0v) is 16.6. The maximum Gasteiger partial charge on any atom is 0.276 e. The Kier molecular flexibility index (Phi) is 5.22. The van der Waals surface area contributed by atoms with E-state index in [0.717, 1.165) is 33.5 Å². The van der Waals surface area contributed by atoms with Crippen LogP contribution in [0.1, 0.15) is 16.7 Å². The Morgan fingerprint density at radius 3 is 2.73 bits per heavy atom. The molecular formula is C24H19N3O3. The fraction of sp³-hybridized carbons (Fsp3) is 0.0833. The fourth-order valence-corrected chi connectivity index (χ4v) is 3.11. The van der Waals surface area contributed by atoms with Crippen LogP contribution < -0.4 is 0 Å². The fourth-order valence-electron chi connectivity index (χ4n) is 3.11. The maximum atomic E-state index is 11.1. The smallest absolute Gasteiger partial charge is 0.276 e. The molecule has 6 heteroatoms. The molecule has 0 atom stereocenters. The molecule has 4 aromatic rings. The van der Waals surface area contributed by atoms with Gasteiger partial charge in [-0.05, 0) is 67.5 Å². The van der Waals surface area contributed by atoms with Crippen LogP contribution in [0.25, 0.3) is 28.6 Å². The minimum absolute atomic E-state index is 0.0616. The molecule has 148 valence electrons. The van der Waals surface area contributed by atoms with Gasteiger partial charge in [-0.2, -0.15) is 0 Å². The molecule has 6 nitrogen and oxygen atoms in total. The van der Waals surface area contributed by atoms with E-state index < -0.39 is 4.92 Å². The van der Waals surface area contributed by atoms with E-state index >= 15 is 0 Å². The van der Waals surface area contributed by atoms with Crippen molar-refractivity contribution in [1.29, 1.82) is 0 Å². The number of aromatic nitrogens is 1. The molecule has 0 aliphatic rings. The Balaban J connectivity index is 1.60. The lowest BCUT2D eigenvalue weighted by molar-refractivity contribution is -0.385. The first-order valence-electron chi connectivity index (χ1n) is 9.43. The summed E-state index contributed by atoms with van der Waals surface area (Å²) in [6.45, 7) is 3.99. The Labute approximate surface area is 173 Å². The summed E-state index contributed by atoms with van der Waals surface area (Å²) in [4.78, 5) is 19.8. The van der Waals surface area contributed by atoms with Crippen LogP contribution in [0.2, 0.25) is 0 Å². The number of hydrogen-bond acceptors (Lipinski definition) is 5. The lowest BCUT2D eigenvalue weighted by Crippen LogP contribution is -1.90. The summed E-state index contributed by atoms with van der Waals surface area (Å²) < 4.78 is 5.88. The van der Waals surface area contributed by atoms with Gasteiger partial charge in [-0.15, -0.1) is 0 Å². The second-order valence-electron chi connectivity index (χ2n) is 6.94. The largest absolute Gasteiger partial charge is 0.436 e. The predicted octanol–water partition coefficient (Wildman–Crippen LogP) is 6.44. The molecular weight excluding hydrogens is 378 g/mol. The number of nitro benzene ring substituents is 1. The zero-order chi connectivity index (χ0) is 21.1. The van der Waals surface area contributed by atoms with Crippen LogP contribution in [0.4, 0.5) is 11.4 Å². The minimum Gasteiger partial charge on any atom is -0.436 e. The van der Waals surface area contributed by atoms with Crippen LogP contribution in [0, 0.1) is 24.0 Å². The Morgan fingerprint density at radius 2 is 1.90 bits per heavy atom. The van der Waals surface area contributed by atoms with E-state index in [1.807, 2.05) is 50.2 Å². The van der Waals surface area contributed by atoms with Crippen LogP contribution in [-0.2, 0) is 0 Å². The van der Waals surface area contributed by atoms with Crippen molar-refractivity contribution in [2.24, 2.45) is 4.99 Å². The van der Waals surface area contributed by atoms with Crippen molar-refractivity contribution >= 4 is 34.8 Å². The lowest BCUT2D eigenvalue weighted by atomic mass is 10.1. The van der Waals surface area contributed by atoms with E-state index in [4.69, 9.17) is 4.42 Å². The molecule has 0 N–H and O–H groups in total. The molecule has 1 heterocycles. The third-order valence-electron chi connectivity index (χ3n) is 4.71. The van der Waals surface area contributed by atoms with Crippen molar-refractivity contribution in [3.8, 4) is 11.5 Å². The molecule has 0 saturated carbocycles. The molecule has 0 unspecified atom stereocenters. The predicted molar refractivity (Wildman–Crippen MR) is 119 cm³/mol. The van der Waals surface area contributed by atoms with Gasteiger partial charge in [0.1, 0.15) is 5.52 Å². The molecule has 0 fully saturated rings. The number of aliphatic imine (C=N–C) groups is 1. The molecule has 0 radical (unpaired) electrons. The van der Waals surface area contributed by atoms with E-state index in [0.29, 0.717) is 11.5 Å². The molecule has 0 saturated heterocycles. The summed E-state index contributed by atoms with van der Waals surface area (Å²) in [5.41, 5.74) is 5.90. The lowest BCUT2D eigenvalue weighted by Gasteiger charge is -2.02. The van der Waals surface area contributed by atoms with Gasteiger partial charge in [0.15, 0.2) is 5.58 Å². The monoisotopic (exact) mass is 397 g/mol. The van der Waals surface area contributed by atoms with E-state index in [9.17, 15) is 10.1 Å². The molecule has 3 aromatic carbocycles. The summed E-state index contributed by atoms with van der Waals surface area (Å²) in [5, 5.41) is 11.1. The van der Waals surface area contributed by atoms with Crippen LogP contribution in [-0.4, -0.2) is 16.1 Å². The summed E-state index contributed by atoms with van der Waals surface area (Å²) >= 11 is 0. The van der Waals surface area contributed by atoms with Crippen molar-refractivity contribution in [2.45, 2.75) is 13.8 Å². The number of para-hydroxylation sites is 1. The molecule has 30 heavy (non-hydrogen) atoms. The first kappa shape index (κ1) is 19.3. The molecule has 1 aromatic heterocycles. The van der Waals surface area contributed by atoms with Gasteiger partial charge in [0.25, 0.3) is 5.69 Å². The Morgan fingerprint density at radius 1 is 1.07 bits per heavy atom. The average molecular weight is 397 g/mol. The second-order valence-corrected chi connectivity index (χ2v) is 6.94. The van der Waals surface area contributed by atoms with Crippen LogP contribution in [0.3, 0.4) is 0 Å². The number of oxazole rings is 1. The van der Waals surface area contributed by atoms with Gasteiger partial charge in [0.2, 0.25) is 5.89 Å². The first-order valence-corrected chi connectivity index (χ1v) is 9.43. The van der Waals surface area contributed by atoms with Crippen molar-refractivity contribution in [3.05, 3.63) is 93.5 Å². The Bertz CT molecular complexity index is 1300. The third-order valence-corrected chi connectivity index (χ3v) is 4.71. The average Bonchev–Trinajstić information content (AvgIpc) is 3.15. The van der Waals surface area contributed by atoms with Gasteiger partial charge in [0, 0.05) is 17.8 Å². The standard InChI is InChI=1S/C24H19N3O3/c1-16-9-12-23-21(14-16)26-24(30-23)19-11-10-17(2)20(15-19)25-13-5-7-18-6-3-4-8-22(18)27(28)29/h3-15H,1-2H3/b7-5+,25-13?. The van der Waals surface area contributed by atoms with Crippen molar-refractivity contribution in [2.75, 3.05) is 0 Å². The molecule has 0 spiro atoms. The second kappa shape index (κ2) is 8.13. The zero-order valence-electron chi connectivity index (χ0n) is 16.6. The SMILES string of the molecule is Cc1ccc2oc(-c3ccc(C)c(N=C/C=C/c4ccccc4[N+](=O)[O-])c3)nc2c1. The van der Waals surface area contributed by atoms with Gasteiger partial charge in [-0.25, -0.2) is 4.98 Å². The van der Waals surface area contributed by atoms with Crippen LogP contribution in [0.5, 0.6) is 0 Å². The first-order chi connectivity index (χ1) is 14.5. The van der Waals surface area contributed by atoms with Crippen molar-refractivity contribution < 1.29 is 9.34 Å². The number of fused-ring (bicyclic) bond motifs is 1. The molecule has 4 rings (SSSR count). The third kappa shape index (κ3) is 4.03. The number of hydrogen-bond donors (Lipinski definition) is 0. The summed E-state index contributed by atoms with van der Waals surface area (Å²) in [6.07, 6.45) is 4.99. The maximum absolute atomic E-state index is 11.1. The summed E-state index contributed by atoms with van der Waals surface area (Å²) in [7, 11) is 0. The van der Waals surface area contributed by atoms with Crippen LogP contribution in [0.15, 0.2) is 76.1 Å². The summed E-state index contributed by atoms with van der Waals surface area (Å²) in [6, 6.07) is 18.3. The van der Waals surface area contributed by atoms with Gasteiger partial charge in [-0.3, -0.25) is 15.1 Å². The molecule has 0 aliphatic heterocycles. The van der Waals surface area contributed by atoms with Gasteiger partial charge >= 0.3 is 0 Å². The highest BCUT2D eigenvalue weighted by molar-refractivity contribution is 5.83. The highest BCUT2D eigenvalue weighted by Crippen LogP contribution is 2.29. The van der Waals surface area contributed by atoms with E-state index in [2.05, 4.69) is 9.98 Å². The number of benzene rings is 3. The normalized spacial score (nSPS) is 11.7. The van der Waals surface area contributed by atoms with E-state index in [-0.39, 0.29) is 5.69 Å². The molecule has 0 bridgehead atoms. The Hall–Kier alpha value is -4.06. The van der Waals surface area contributed by atoms with E-state index in [1.54, 1.807) is 36.6 Å². The summed E-state index contributed by atoms with van der Waals surface area (Å²) in [5.74, 6) is 0.544. The highest BCUT2D eigenvalue weighted by Gasteiger charge is 2.10. The highest BCUT2D eigenvalue weighted by atomic mass is 16.6. The molecule has 0 aliphatic carbocycles. The topological polar surface area (TPSA) is 81.5 Å². The number of nitrogens with zero attached hydrogens (tertiary/aromatic N) is 3. The van der Waals surface area contributed by atoms with Gasteiger partial charge in [-0.1, -0.05) is 24.3 Å². The molecule has 0 amide bonds. The number of rotatable bonds is 5. The quantitative estimate of drug-likeness (QED) is 0.220. The van der Waals surface area contributed by atoms with Gasteiger partial charge in [0.05, 0.1) is 16.2 Å². The van der Waals surface area contributed by atoms with Crippen molar-refractivity contribution in [3.63, 3.8) is 0 Å². The number of aryl methyl sites for hydroxylation is 2. The van der Waals surface area contributed by atoms with E-state index in [1.165, 1.54) is 6.07 Å². The van der Waals surface area contributed by atoms with Crippen LogP contribution >= 0.6 is 0 Å². The number of allylic oxidation sites excluding steroid dienone is 1. The minimum atomic E-state index is -0.397. The van der Waals surface area contributed by atoms with Gasteiger partial charge < -0.3 is 4.42 Å². The number of nitro groups is 1. The van der Waals surface area contributed by atoms with Crippen molar-refractivity contribution in [1.82, 2.24) is 4.98 Å².